The average Bonchev–Trinajstić information content (AvgIpc) is 2.37. The summed E-state index contributed by atoms with van der Waals surface area (Å²) in [5.74, 6) is -0.432. The van der Waals surface area contributed by atoms with Gasteiger partial charge >= 0.3 is 5.97 Å². The summed E-state index contributed by atoms with van der Waals surface area (Å²) in [4.78, 5) is 20.1. The zero-order valence-electron chi connectivity index (χ0n) is 12.1. The SMILES string of the molecule is CC(C)(Nc1ncc2ccccc2n1)C(C)(C)C(=O)O. The van der Waals surface area contributed by atoms with E-state index in [4.69, 9.17) is 0 Å². The lowest BCUT2D eigenvalue weighted by Gasteiger charge is -2.38. The van der Waals surface area contributed by atoms with Crippen molar-refractivity contribution in [2.45, 2.75) is 33.2 Å². The number of nitrogens with zero attached hydrogens (tertiary/aromatic N) is 2. The second-order valence-electron chi connectivity index (χ2n) is 5.93. The first-order chi connectivity index (χ1) is 9.24. The molecule has 5 heteroatoms. The number of carboxylic acid groups (broad SMARTS) is 1. The van der Waals surface area contributed by atoms with E-state index in [1.54, 1.807) is 20.0 Å². The number of fused-ring (bicyclic) bond motifs is 1. The molecule has 0 spiro atoms. The summed E-state index contributed by atoms with van der Waals surface area (Å²) in [6, 6.07) is 7.67. The molecule has 0 atom stereocenters. The summed E-state index contributed by atoms with van der Waals surface area (Å²) in [5, 5.41) is 13.4. The number of aromatic nitrogens is 2. The van der Waals surface area contributed by atoms with Crippen molar-refractivity contribution in [3.63, 3.8) is 0 Å². The summed E-state index contributed by atoms with van der Waals surface area (Å²) in [5.41, 5.74) is -0.822. The quantitative estimate of drug-likeness (QED) is 0.895. The van der Waals surface area contributed by atoms with Gasteiger partial charge in [-0.05, 0) is 33.8 Å². The second-order valence-corrected chi connectivity index (χ2v) is 5.93. The Balaban J connectivity index is 2.34. The maximum Gasteiger partial charge on any atom is 0.311 e. The first-order valence-corrected chi connectivity index (χ1v) is 6.47. The van der Waals surface area contributed by atoms with Gasteiger partial charge in [-0.3, -0.25) is 4.79 Å². The van der Waals surface area contributed by atoms with E-state index in [9.17, 15) is 9.90 Å². The van der Waals surface area contributed by atoms with Crippen LogP contribution in [0.15, 0.2) is 30.5 Å². The van der Waals surface area contributed by atoms with Crippen LogP contribution in [-0.4, -0.2) is 26.6 Å². The number of hydrogen-bond acceptors (Lipinski definition) is 4. The van der Waals surface area contributed by atoms with Crippen molar-refractivity contribution in [2.24, 2.45) is 5.41 Å². The zero-order valence-corrected chi connectivity index (χ0v) is 12.1. The van der Waals surface area contributed by atoms with Gasteiger partial charge in [0, 0.05) is 11.6 Å². The molecule has 0 unspecified atom stereocenters. The maximum absolute atomic E-state index is 11.4. The lowest BCUT2D eigenvalue weighted by Crippen LogP contribution is -2.50. The normalized spacial score (nSPS) is 12.4. The van der Waals surface area contributed by atoms with Gasteiger partial charge in [0.1, 0.15) is 0 Å². The summed E-state index contributed by atoms with van der Waals surface area (Å²) >= 11 is 0. The summed E-state index contributed by atoms with van der Waals surface area (Å²) in [6.07, 6.45) is 1.73. The summed E-state index contributed by atoms with van der Waals surface area (Å²) < 4.78 is 0. The molecule has 2 rings (SSSR count). The van der Waals surface area contributed by atoms with Crippen LogP contribution in [0, 0.1) is 5.41 Å². The van der Waals surface area contributed by atoms with E-state index in [0.717, 1.165) is 10.9 Å². The fourth-order valence-corrected chi connectivity index (χ4v) is 1.74. The predicted molar refractivity (Wildman–Crippen MR) is 78.7 cm³/mol. The fraction of sp³-hybridized carbons (Fsp3) is 0.400. The number of aliphatic carboxylic acids is 1. The van der Waals surface area contributed by atoms with Gasteiger partial charge in [-0.1, -0.05) is 18.2 Å². The molecule has 1 aromatic carbocycles. The number of benzene rings is 1. The molecule has 106 valence electrons. The molecule has 0 saturated carbocycles. The van der Waals surface area contributed by atoms with Crippen molar-refractivity contribution in [1.29, 1.82) is 0 Å². The molecule has 0 radical (unpaired) electrons. The van der Waals surface area contributed by atoms with E-state index in [2.05, 4.69) is 15.3 Å². The Kier molecular flexibility index (Phi) is 3.38. The highest BCUT2D eigenvalue weighted by atomic mass is 16.4. The molecule has 0 saturated heterocycles. The Morgan fingerprint density at radius 2 is 1.85 bits per heavy atom. The predicted octanol–water partition coefficient (Wildman–Crippen LogP) is 2.93. The number of hydrogen-bond donors (Lipinski definition) is 2. The van der Waals surface area contributed by atoms with E-state index in [1.165, 1.54) is 0 Å². The average molecular weight is 273 g/mol. The van der Waals surface area contributed by atoms with Crippen LogP contribution in [0.4, 0.5) is 5.95 Å². The van der Waals surface area contributed by atoms with Gasteiger partial charge in [-0.2, -0.15) is 0 Å². The Bertz CT molecular complexity index is 650. The highest BCUT2D eigenvalue weighted by Crippen LogP contribution is 2.33. The molecule has 1 heterocycles. The van der Waals surface area contributed by atoms with E-state index < -0.39 is 16.9 Å². The van der Waals surface area contributed by atoms with Gasteiger partial charge < -0.3 is 10.4 Å². The van der Waals surface area contributed by atoms with Crippen LogP contribution in [0.2, 0.25) is 0 Å². The molecule has 5 nitrogen and oxygen atoms in total. The summed E-state index contributed by atoms with van der Waals surface area (Å²) in [7, 11) is 0. The third kappa shape index (κ3) is 2.43. The van der Waals surface area contributed by atoms with Crippen molar-refractivity contribution in [3.05, 3.63) is 30.5 Å². The molecule has 2 N–H and O–H groups in total. The van der Waals surface area contributed by atoms with Crippen LogP contribution in [0.1, 0.15) is 27.7 Å². The third-order valence-corrected chi connectivity index (χ3v) is 4.01. The molecule has 0 aliphatic carbocycles. The molecule has 2 aromatic rings. The molecule has 20 heavy (non-hydrogen) atoms. The zero-order chi connectivity index (χ0) is 15.0. The minimum absolute atomic E-state index is 0.433. The van der Waals surface area contributed by atoms with Gasteiger partial charge in [0.15, 0.2) is 0 Å². The maximum atomic E-state index is 11.4. The topological polar surface area (TPSA) is 75.1 Å². The standard InChI is InChI=1S/C15H19N3O2/c1-14(2,12(19)20)15(3,4)18-13-16-9-10-7-5-6-8-11(10)17-13/h5-9H,1-4H3,(H,19,20)(H,16,17,18). The van der Waals surface area contributed by atoms with Crippen LogP contribution >= 0.6 is 0 Å². The van der Waals surface area contributed by atoms with Gasteiger partial charge in [-0.15, -0.1) is 0 Å². The van der Waals surface area contributed by atoms with E-state index in [0.29, 0.717) is 5.95 Å². The smallest absolute Gasteiger partial charge is 0.311 e. The first kappa shape index (κ1) is 14.2. The first-order valence-electron chi connectivity index (χ1n) is 6.47. The van der Waals surface area contributed by atoms with Gasteiger partial charge in [0.2, 0.25) is 5.95 Å². The third-order valence-electron chi connectivity index (χ3n) is 4.01. The molecular weight excluding hydrogens is 254 g/mol. The highest BCUT2D eigenvalue weighted by Gasteiger charge is 2.43. The van der Waals surface area contributed by atoms with Crippen LogP contribution < -0.4 is 5.32 Å². The number of carboxylic acids is 1. The minimum atomic E-state index is -0.956. The Hall–Kier alpha value is -2.17. The Morgan fingerprint density at radius 3 is 2.50 bits per heavy atom. The van der Waals surface area contributed by atoms with Crippen molar-refractivity contribution >= 4 is 22.8 Å². The van der Waals surface area contributed by atoms with Crippen LogP contribution in [0.3, 0.4) is 0 Å². The fourth-order valence-electron chi connectivity index (χ4n) is 1.74. The largest absolute Gasteiger partial charge is 0.481 e. The summed E-state index contributed by atoms with van der Waals surface area (Å²) in [6.45, 7) is 7.03. The Morgan fingerprint density at radius 1 is 1.20 bits per heavy atom. The molecule has 1 aromatic heterocycles. The minimum Gasteiger partial charge on any atom is -0.481 e. The van der Waals surface area contributed by atoms with Crippen LogP contribution in [-0.2, 0) is 4.79 Å². The van der Waals surface area contributed by atoms with Crippen molar-refractivity contribution in [2.75, 3.05) is 5.32 Å². The molecule has 0 fully saturated rings. The highest BCUT2D eigenvalue weighted by molar-refractivity contribution is 5.79. The molecule has 0 bridgehead atoms. The number of para-hydroxylation sites is 1. The number of rotatable bonds is 4. The van der Waals surface area contributed by atoms with Gasteiger partial charge in [-0.25, -0.2) is 9.97 Å². The van der Waals surface area contributed by atoms with Crippen molar-refractivity contribution < 1.29 is 9.90 Å². The molecule has 0 aliphatic heterocycles. The molecule has 0 aliphatic rings. The van der Waals surface area contributed by atoms with E-state index >= 15 is 0 Å². The van der Waals surface area contributed by atoms with Crippen molar-refractivity contribution in [3.8, 4) is 0 Å². The number of carbonyl (C=O) groups is 1. The Labute approximate surface area is 118 Å². The molecule has 0 amide bonds. The monoisotopic (exact) mass is 273 g/mol. The second kappa shape index (κ2) is 4.74. The number of nitrogens with one attached hydrogen (secondary N) is 1. The lowest BCUT2D eigenvalue weighted by atomic mass is 9.74. The number of anilines is 1. The van der Waals surface area contributed by atoms with Gasteiger partial charge in [0.25, 0.3) is 0 Å². The van der Waals surface area contributed by atoms with Crippen molar-refractivity contribution in [1.82, 2.24) is 9.97 Å². The lowest BCUT2D eigenvalue weighted by molar-refractivity contribution is -0.149. The van der Waals surface area contributed by atoms with Crippen LogP contribution in [0.5, 0.6) is 0 Å². The van der Waals surface area contributed by atoms with Crippen LogP contribution in [0.25, 0.3) is 10.9 Å². The van der Waals surface area contributed by atoms with E-state index in [1.807, 2.05) is 38.1 Å². The molecular formula is C15H19N3O2. The van der Waals surface area contributed by atoms with Gasteiger partial charge in [0.05, 0.1) is 16.5 Å². The van der Waals surface area contributed by atoms with E-state index in [-0.39, 0.29) is 0 Å².